The Balaban J connectivity index is 1.68. The number of ether oxygens (including phenoxy) is 1. The highest BCUT2D eigenvalue weighted by atomic mass is 32.1. The molecule has 0 fully saturated rings. The monoisotopic (exact) mass is 361 g/mol. The summed E-state index contributed by atoms with van der Waals surface area (Å²) in [7, 11) is 0. The van der Waals surface area contributed by atoms with Gasteiger partial charge in [0.05, 0.1) is 11.3 Å². The van der Waals surface area contributed by atoms with E-state index in [4.69, 9.17) is 4.74 Å². The van der Waals surface area contributed by atoms with Crippen LogP contribution < -0.4 is 0 Å². The summed E-state index contributed by atoms with van der Waals surface area (Å²) in [5, 5.41) is 2.62. The standard InChI is InChI=1S/C21H15NO3S/c23-17(13-25-21(24)18-11-6-12-26-18)19-15-9-4-5-10-16(15)22-20(19)14-7-2-1-3-8-14/h1-12,22H,13H2. The molecule has 5 heteroatoms. The lowest BCUT2D eigenvalue weighted by Gasteiger charge is -2.06. The van der Waals surface area contributed by atoms with Gasteiger partial charge >= 0.3 is 5.97 Å². The molecule has 2 aromatic carbocycles. The van der Waals surface area contributed by atoms with Gasteiger partial charge in [0.2, 0.25) is 5.78 Å². The first kappa shape index (κ1) is 16.3. The number of ketones is 1. The molecule has 0 saturated heterocycles. The fourth-order valence-corrected chi connectivity index (χ4v) is 3.54. The van der Waals surface area contributed by atoms with E-state index in [2.05, 4.69) is 4.98 Å². The second-order valence-corrected chi connectivity index (χ2v) is 6.71. The van der Waals surface area contributed by atoms with Crippen LogP contribution in [0.2, 0.25) is 0 Å². The van der Waals surface area contributed by atoms with Gasteiger partial charge in [-0.1, -0.05) is 54.6 Å². The van der Waals surface area contributed by atoms with Gasteiger partial charge in [0, 0.05) is 10.9 Å². The molecule has 0 aliphatic carbocycles. The minimum atomic E-state index is -0.477. The highest BCUT2D eigenvalue weighted by Crippen LogP contribution is 2.30. The third-order valence-electron chi connectivity index (χ3n) is 4.10. The Hall–Kier alpha value is -3.18. The number of thiophene rings is 1. The number of rotatable bonds is 5. The molecule has 1 N–H and O–H groups in total. The van der Waals surface area contributed by atoms with E-state index in [-0.39, 0.29) is 12.4 Å². The number of Topliss-reactive ketones (excluding diaryl/α,β-unsaturated/α-hetero) is 1. The number of benzene rings is 2. The van der Waals surface area contributed by atoms with E-state index in [9.17, 15) is 9.59 Å². The van der Waals surface area contributed by atoms with E-state index in [0.29, 0.717) is 10.4 Å². The predicted octanol–water partition coefficient (Wildman–Crippen LogP) is 4.94. The van der Waals surface area contributed by atoms with Crippen LogP contribution in [0, 0.1) is 0 Å². The van der Waals surface area contributed by atoms with Crippen LogP contribution in [0.15, 0.2) is 72.1 Å². The second-order valence-electron chi connectivity index (χ2n) is 5.76. The zero-order chi connectivity index (χ0) is 17.9. The van der Waals surface area contributed by atoms with Crippen LogP contribution in [-0.4, -0.2) is 23.3 Å². The quantitative estimate of drug-likeness (QED) is 0.405. The molecule has 4 aromatic rings. The molecule has 0 unspecified atom stereocenters. The number of hydrogen-bond acceptors (Lipinski definition) is 4. The Kier molecular flexibility index (Phi) is 4.37. The molecular weight excluding hydrogens is 346 g/mol. The van der Waals surface area contributed by atoms with Crippen molar-refractivity contribution in [1.82, 2.24) is 4.98 Å². The summed E-state index contributed by atoms with van der Waals surface area (Å²) < 4.78 is 5.22. The average molecular weight is 361 g/mol. The van der Waals surface area contributed by atoms with Crippen molar-refractivity contribution in [2.45, 2.75) is 0 Å². The summed E-state index contributed by atoms with van der Waals surface area (Å²) in [6, 6.07) is 20.7. The van der Waals surface area contributed by atoms with Crippen LogP contribution in [0.4, 0.5) is 0 Å². The number of esters is 1. The first-order valence-electron chi connectivity index (χ1n) is 8.14. The van der Waals surface area contributed by atoms with Gasteiger partial charge in [-0.15, -0.1) is 11.3 Å². The SMILES string of the molecule is O=C(OCC(=O)c1c(-c2ccccc2)[nH]c2ccccc12)c1cccs1. The topological polar surface area (TPSA) is 59.2 Å². The highest BCUT2D eigenvalue weighted by molar-refractivity contribution is 7.11. The lowest BCUT2D eigenvalue weighted by atomic mass is 10.0. The van der Waals surface area contributed by atoms with E-state index in [0.717, 1.165) is 22.2 Å². The Bertz CT molecular complexity index is 1070. The molecule has 0 amide bonds. The molecule has 0 bridgehead atoms. The second kappa shape index (κ2) is 6.98. The van der Waals surface area contributed by atoms with Crippen molar-refractivity contribution in [3.8, 4) is 11.3 Å². The van der Waals surface area contributed by atoms with Crippen molar-refractivity contribution in [2.75, 3.05) is 6.61 Å². The largest absolute Gasteiger partial charge is 0.453 e. The Labute approximate surface area is 154 Å². The molecule has 0 aliphatic heterocycles. The normalized spacial score (nSPS) is 10.8. The van der Waals surface area contributed by atoms with Gasteiger partial charge in [0.1, 0.15) is 4.88 Å². The molecule has 128 valence electrons. The fourth-order valence-electron chi connectivity index (χ4n) is 2.92. The number of aromatic nitrogens is 1. The van der Waals surface area contributed by atoms with Gasteiger partial charge in [-0.2, -0.15) is 0 Å². The first-order chi connectivity index (χ1) is 12.7. The fraction of sp³-hybridized carbons (Fsp3) is 0.0476. The summed E-state index contributed by atoms with van der Waals surface area (Å²) in [6.07, 6.45) is 0. The smallest absolute Gasteiger partial charge is 0.348 e. The van der Waals surface area contributed by atoms with Crippen molar-refractivity contribution >= 4 is 34.0 Å². The molecule has 4 rings (SSSR count). The molecule has 2 heterocycles. The van der Waals surface area contributed by atoms with Crippen molar-refractivity contribution in [1.29, 1.82) is 0 Å². The molecule has 0 radical (unpaired) electrons. The number of carbonyl (C=O) groups excluding carboxylic acids is 2. The van der Waals surface area contributed by atoms with E-state index >= 15 is 0 Å². The Morgan fingerprint density at radius 3 is 2.46 bits per heavy atom. The van der Waals surface area contributed by atoms with E-state index in [1.807, 2.05) is 54.6 Å². The molecule has 0 saturated carbocycles. The van der Waals surface area contributed by atoms with E-state index in [1.165, 1.54) is 11.3 Å². The van der Waals surface area contributed by atoms with Crippen LogP contribution in [0.3, 0.4) is 0 Å². The number of H-pyrrole nitrogens is 1. The van der Waals surface area contributed by atoms with Gasteiger partial charge in [-0.3, -0.25) is 4.79 Å². The maximum absolute atomic E-state index is 12.9. The van der Waals surface area contributed by atoms with Gasteiger partial charge < -0.3 is 9.72 Å². The predicted molar refractivity (Wildman–Crippen MR) is 103 cm³/mol. The van der Waals surface area contributed by atoms with Crippen molar-refractivity contribution in [3.63, 3.8) is 0 Å². The molecular formula is C21H15NO3S. The van der Waals surface area contributed by atoms with Crippen LogP contribution >= 0.6 is 11.3 Å². The summed E-state index contributed by atoms with van der Waals surface area (Å²) in [5.41, 5.74) is 3.07. The number of aromatic amines is 1. The minimum absolute atomic E-state index is 0.230. The molecule has 2 aromatic heterocycles. The highest BCUT2D eigenvalue weighted by Gasteiger charge is 2.21. The van der Waals surface area contributed by atoms with Crippen LogP contribution in [0.5, 0.6) is 0 Å². The first-order valence-corrected chi connectivity index (χ1v) is 9.02. The van der Waals surface area contributed by atoms with Crippen molar-refractivity contribution in [3.05, 3.63) is 82.6 Å². The number of fused-ring (bicyclic) bond motifs is 1. The lowest BCUT2D eigenvalue weighted by molar-refractivity contribution is 0.0480. The summed E-state index contributed by atoms with van der Waals surface area (Å²) >= 11 is 1.29. The summed E-state index contributed by atoms with van der Waals surface area (Å²) in [5.74, 6) is -0.708. The zero-order valence-electron chi connectivity index (χ0n) is 13.8. The Morgan fingerprint density at radius 2 is 1.69 bits per heavy atom. The average Bonchev–Trinajstić information content (AvgIpc) is 3.34. The number of nitrogens with one attached hydrogen (secondary N) is 1. The zero-order valence-corrected chi connectivity index (χ0v) is 14.6. The Morgan fingerprint density at radius 1 is 0.923 bits per heavy atom. The van der Waals surface area contributed by atoms with Gasteiger partial charge in [-0.05, 0) is 23.1 Å². The van der Waals surface area contributed by atoms with E-state index in [1.54, 1.807) is 17.5 Å². The van der Waals surface area contributed by atoms with Crippen LogP contribution in [0.1, 0.15) is 20.0 Å². The van der Waals surface area contributed by atoms with Crippen molar-refractivity contribution in [2.24, 2.45) is 0 Å². The summed E-state index contributed by atoms with van der Waals surface area (Å²) in [4.78, 5) is 28.7. The molecule has 26 heavy (non-hydrogen) atoms. The van der Waals surface area contributed by atoms with Gasteiger partial charge in [0.15, 0.2) is 6.61 Å². The summed E-state index contributed by atoms with van der Waals surface area (Å²) in [6.45, 7) is -0.293. The maximum atomic E-state index is 12.9. The number of para-hydroxylation sites is 1. The lowest BCUT2D eigenvalue weighted by Crippen LogP contribution is -2.14. The molecule has 0 atom stereocenters. The maximum Gasteiger partial charge on any atom is 0.348 e. The molecule has 0 aliphatic rings. The van der Waals surface area contributed by atoms with Gasteiger partial charge in [0.25, 0.3) is 0 Å². The van der Waals surface area contributed by atoms with Crippen LogP contribution in [0.25, 0.3) is 22.2 Å². The molecule has 4 nitrogen and oxygen atoms in total. The minimum Gasteiger partial charge on any atom is -0.453 e. The molecule has 0 spiro atoms. The number of carbonyl (C=O) groups is 2. The van der Waals surface area contributed by atoms with E-state index < -0.39 is 5.97 Å². The third-order valence-corrected chi connectivity index (χ3v) is 4.95. The van der Waals surface area contributed by atoms with Crippen molar-refractivity contribution < 1.29 is 14.3 Å². The number of hydrogen-bond donors (Lipinski definition) is 1. The van der Waals surface area contributed by atoms with Crippen LogP contribution in [-0.2, 0) is 4.74 Å². The van der Waals surface area contributed by atoms with Gasteiger partial charge in [-0.25, -0.2) is 4.79 Å². The third kappa shape index (κ3) is 3.05.